The maximum Gasteiger partial charge on any atom is 0.226 e. The minimum Gasteiger partial charge on any atom is -0.374 e. The number of rotatable bonds is 5. The quantitative estimate of drug-likeness (QED) is 0.500. The number of aromatic amines is 1. The van der Waals surface area contributed by atoms with Crippen LogP contribution in [0.2, 0.25) is 0 Å². The van der Waals surface area contributed by atoms with Crippen LogP contribution in [0, 0.1) is 0 Å². The van der Waals surface area contributed by atoms with Crippen molar-refractivity contribution in [3.63, 3.8) is 0 Å². The Labute approximate surface area is 187 Å². The van der Waals surface area contributed by atoms with Gasteiger partial charge in [0.25, 0.3) is 0 Å². The summed E-state index contributed by atoms with van der Waals surface area (Å²) in [4.78, 5) is 4.89. The summed E-state index contributed by atoms with van der Waals surface area (Å²) >= 11 is 0. The molecular formula is C25H24N4O2S. The summed E-state index contributed by atoms with van der Waals surface area (Å²) in [5.41, 5.74) is 2.99. The zero-order valence-electron chi connectivity index (χ0n) is 17.6. The Morgan fingerprint density at radius 1 is 0.844 bits per heavy atom. The average molecular weight is 445 g/mol. The second-order valence-corrected chi connectivity index (χ2v) is 9.69. The molecule has 32 heavy (non-hydrogen) atoms. The van der Waals surface area contributed by atoms with Crippen LogP contribution < -0.4 is 4.90 Å². The fourth-order valence-corrected chi connectivity index (χ4v) is 5.35. The predicted molar refractivity (Wildman–Crippen MR) is 127 cm³/mol. The van der Waals surface area contributed by atoms with Crippen LogP contribution in [0.4, 0.5) is 5.69 Å². The molecule has 0 aliphatic carbocycles. The van der Waals surface area contributed by atoms with E-state index in [0.717, 1.165) is 37.4 Å². The van der Waals surface area contributed by atoms with Gasteiger partial charge in [-0.15, -0.1) is 0 Å². The van der Waals surface area contributed by atoms with Gasteiger partial charge in [0, 0.05) is 37.3 Å². The highest BCUT2D eigenvalue weighted by Gasteiger charge is 2.24. The highest BCUT2D eigenvalue weighted by molar-refractivity contribution is 7.91. The van der Waals surface area contributed by atoms with Crippen molar-refractivity contribution in [3.8, 4) is 0 Å². The van der Waals surface area contributed by atoms with Gasteiger partial charge in [-0.1, -0.05) is 48.5 Å². The van der Waals surface area contributed by atoms with E-state index in [1.807, 2.05) is 36.4 Å². The van der Waals surface area contributed by atoms with Crippen molar-refractivity contribution in [2.75, 3.05) is 31.1 Å². The molecule has 0 atom stereocenters. The Morgan fingerprint density at radius 2 is 1.53 bits per heavy atom. The molecule has 5 rings (SSSR count). The first-order valence-electron chi connectivity index (χ1n) is 10.6. The third-order valence-electron chi connectivity index (χ3n) is 5.78. The van der Waals surface area contributed by atoms with Gasteiger partial charge in [-0.2, -0.15) is 5.10 Å². The van der Waals surface area contributed by atoms with E-state index in [1.54, 1.807) is 30.3 Å². The van der Waals surface area contributed by atoms with Crippen LogP contribution in [0.3, 0.4) is 0 Å². The Hall–Kier alpha value is -3.58. The maximum atomic E-state index is 13.0. The van der Waals surface area contributed by atoms with Crippen molar-refractivity contribution in [2.45, 2.75) is 9.92 Å². The van der Waals surface area contributed by atoms with Crippen molar-refractivity contribution >= 4 is 32.5 Å². The first-order valence-corrected chi connectivity index (χ1v) is 12.1. The number of piperazine rings is 1. The molecular weight excluding hydrogens is 420 g/mol. The molecule has 2 heterocycles. The number of nitrogens with one attached hydrogen (secondary N) is 1. The Bertz CT molecular complexity index is 1340. The van der Waals surface area contributed by atoms with Crippen LogP contribution in [0.15, 0.2) is 95.0 Å². The van der Waals surface area contributed by atoms with Crippen LogP contribution in [-0.4, -0.2) is 49.7 Å². The smallest absolute Gasteiger partial charge is 0.226 e. The van der Waals surface area contributed by atoms with Crippen LogP contribution in [0.25, 0.3) is 17.0 Å². The van der Waals surface area contributed by atoms with Crippen molar-refractivity contribution in [1.29, 1.82) is 0 Å². The van der Waals surface area contributed by atoms with Crippen LogP contribution in [-0.2, 0) is 9.84 Å². The molecule has 4 aromatic rings. The van der Waals surface area contributed by atoms with Gasteiger partial charge in [-0.3, -0.25) is 5.10 Å². The molecule has 7 heteroatoms. The molecule has 0 spiro atoms. The number of sulfone groups is 1. The largest absolute Gasteiger partial charge is 0.374 e. The van der Waals surface area contributed by atoms with Crippen molar-refractivity contribution in [2.24, 2.45) is 0 Å². The van der Waals surface area contributed by atoms with E-state index >= 15 is 0 Å². The molecule has 1 aliphatic rings. The number of fused-ring (bicyclic) bond motifs is 1. The summed E-state index contributed by atoms with van der Waals surface area (Å²) in [5, 5.41) is 7.74. The molecule has 1 aliphatic heterocycles. The van der Waals surface area contributed by atoms with Crippen LogP contribution >= 0.6 is 0 Å². The van der Waals surface area contributed by atoms with Gasteiger partial charge < -0.3 is 9.80 Å². The summed E-state index contributed by atoms with van der Waals surface area (Å²) in [6.45, 7) is 3.65. The lowest BCUT2D eigenvalue weighted by Gasteiger charge is -2.35. The van der Waals surface area contributed by atoms with Gasteiger partial charge >= 0.3 is 0 Å². The SMILES string of the molecule is O=S(=O)(c1ccccc1)c1n[nH]c2cc(N3CCN(C=Cc4ccccc4)CC3)ccc12. The number of H-pyrrole nitrogens is 1. The summed E-state index contributed by atoms with van der Waals surface area (Å²) in [6, 6.07) is 24.5. The van der Waals surface area contributed by atoms with Crippen molar-refractivity contribution < 1.29 is 8.42 Å². The summed E-state index contributed by atoms with van der Waals surface area (Å²) in [5.74, 6) is 0. The highest BCUT2D eigenvalue weighted by atomic mass is 32.2. The van der Waals surface area contributed by atoms with Crippen molar-refractivity contribution in [1.82, 2.24) is 15.1 Å². The van der Waals surface area contributed by atoms with Gasteiger partial charge in [0.1, 0.15) is 0 Å². The van der Waals surface area contributed by atoms with Crippen LogP contribution in [0.5, 0.6) is 0 Å². The molecule has 162 valence electrons. The number of anilines is 1. The maximum absolute atomic E-state index is 13.0. The standard InChI is InChI=1S/C25H24N4O2S/c30-32(31,22-9-5-2-6-10-22)25-23-12-11-21(19-24(23)26-27-25)29-17-15-28(16-18-29)14-13-20-7-3-1-4-8-20/h1-14,19H,15-18H2,(H,26,27). The lowest BCUT2D eigenvalue weighted by atomic mass is 10.2. The molecule has 0 unspecified atom stereocenters. The Balaban J connectivity index is 1.31. The summed E-state index contributed by atoms with van der Waals surface area (Å²) < 4.78 is 26.0. The minimum atomic E-state index is -3.67. The highest BCUT2D eigenvalue weighted by Crippen LogP contribution is 2.29. The second-order valence-electron chi connectivity index (χ2n) is 7.82. The molecule has 1 saturated heterocycles. The predicted octanol–water partition coefficient (Wildman–Crippen LogP) is 4.19. The van der Waals surface area contributed by atoms with E-state index in [4.69, 9.17) is 0 Å². The Morgan fingerprint density at radius 3 is 2.25 bits per heavy atom. The molecule has 3 aromatic carbocycles. The molecule has 0 bridgehead atoms. The number of nitrogens with zero attached hydrogens (tertiary/aromatic N) is 3. The molecule has 1 fully saturated rings. The number of benzene rings is 3. The fraction of sp³-hybridized carbons (Fsp3) is 0.160. The third kappa shape index (κ3) is 3.99. The van der Waals surface area contributed by atoms with E-state index < -0.39 is 9.84 Å². The monoisotopic (exact) mass is 444 g/mol. The van der Waals surface area contributed by atoms with Gasteiger partial charge in [-0.05, 0) is 48.2 Å². The number of aromatic nitrogens is 2. The van der Waals surface area contributed by atoms with Crippen LogP contribution in [0.1, 0.15) is 5.56 Å². The number of hydrogen-bond acceptors (Lipinski definition) is 5. The fourth-order valence-electron chi connectivity index (χ4n) is 3.98. The van der Waals surface area contributed by atoms with E-state index in [9.17, 15) is 8.42 Å². The molecule has 0 radical (unpaired) electrons. The van der Waals surface area contributed by atoms with E-state index in [0.29, 0.717) is 5.39 Å². The van der Waals surface area contributed by atoms with Gasteiger partial charge in [0.2, 0.25) is 9.84 Å². The Kier molecular flexibility index (Phi) is 5.41. The minimum absolute atomic E-state index is 0.0705. The third-order valence-corrected chi connectivity index (χ3v) is 7.49. The molecule has 1 N–H and O–H groups in total. The van der Waals surface area contributed by atoms with Gasteiger partial charge in [-0.25, -0.2) is 8.42 Å². The van der Waals surface area contributed by atoms with Crippen molar-refractivity contribution in [3.05, 3.63) is 90.6 Å². The van der Waals surface area contributed by atoms with E-state index in [2.05, 4.69) is 44.4 Å². The molecule has 0 amide bonds. The van der Waals surface area contributed by atoms with Gasteiger partial charge in [0.05, 0.1) is 10.4 Å². The number of hydrogen-bond donors (Lipinski definition) is 1. The van der Waals surface area contributed by atoms with Gasteiger partial charge in [0.15, 0.2) is 5.03 Å². The summed E-state index contributed by atoms with van der Waals surface area (Å²) in [6.07, 6.45) is 4.30. The molecule has 6 nitrogen and oxygen atoms in total. The topological polar surface area (TPSA) is 69.3 Å². The lowest BCUT2D eigenvalue weighted by molar-refractivity contribution is 0.351. The molecule has 1 aromatic heterocycles. The molecule has 0 saturated carbocycles. The summed E-state index contributed by atoms with van der Waals surface area (Å²) in [7, 11) is -3.67. The first-order chi connectivity index (χ1) is 15.6. The first kappa shape index (κ1) is 20.3. The average Bonchev–Trinajstić information content (AvgIpc) is 3.28. The zero-order valence-corrected chi connectivity index (χ0v) is 18.4. The second kappa shape index (κ2) is 8.51. The van der Waals surface area contributed by atoms with E-state index in [1.165, 1.54) is 5.56 Å². The normalized spacial score (nSPS) is 15.0. The van der Waals surface area contributed by atoms with E-state index in [-0.39, 0.29) is 9.92 Å². The zero-order chi connectivity index (χ0) is 22.0. The lowest BCUT2D eigenvalue weighted by Crippen LogP contribution is -2.44.